The molecule has 0 saturated carbocycles. The van der Waals surface area contributed by atoms with Crippen molar-refractivity contribution in [2.75, 3.05) is 7.11 Å². The van der Waals surface area contributed by atoms with E-state index in [0.717, 1.165) is 5.39 Å². The molecule has 1 N–H and O–H groups in total. The lowest BCUT2D eigenvalue weighted by Gasteiger charge is -2.23. The van der Waals surface area contributed by atoms with Crippen LogP contribution in [0.1, 0.15) is 43.8 Å². The van der Waals surface area contributed by atoms with Crippen LogP contribution in [0.25, 0.3) is 11.0 Å². The first-order valence-electron chi connectivity index (χ1n) is 7.75. The number of nitrogens with one attached hydrogen (secondary N) is 1. The first-order chi connectivity index (χ1) is 11.2. The van der Waals surface area contributed by atoms with Crippen LogP contribution in [0.2, 0.25) is 0 Å². The fraction of sp³-hybridized carbons (Fsp3) is 0.444. The van der Waals surface area contributed by atoms with Crippen molar-refractivity contribution in [3.05, 3.63) is 35.6 Å². The number of hydrogen-bond acceptors (Lipinski definition) is 5. The largest absolute Gasteiger partial charge is 0.449 e. The molecule has 2 rings (SSSR count). The Balaban J connectivity index is 2.22. The van der Waals surface area contributed by atoms with E-state index in [1.807, 2.05) is 39.0 Å². The Hall–Kier alpha value is -2.34. The fourth-order valence-corrected chi connectivity index (χ4v) is 2.29. The number of benzene rings is 1. The third kappa shape index (κ3) is 4.14. The summed E-state index contributed by atoms with van der Waals surface area (Å²) < 4.78 is 16.0. The third-order valence-electron chi connectivity index (χ3n) is 3.32. The van der Waals surface area contributed by atoms with Crippen molar-refractivity contribution in [1.82, 2.24) is 5.32 Å². The molecule has 6 nitrogen and oxygen atoms in total. The number of methoxy groups -OCH3 is 1. The number of amides is 1. The van der Waals surface area contributed by atoms with Crippen LogP contribution in [-0.2, 0) is 20.9 Å². The van der Waals surface area contributed by atoms with Crippen LogP contribution in [0.5, 0.6) is 0 Å². The van der Waals surface area contributed by atoms with Gasteiger partial charge in [0.05, 0.1) is 6.61 Å². The van der Waals surface area contributed by atoms with E-state index < -0.39 is 17.6 Å². The molecule has 0 unspecified atom stereocenters. The van der Waals surface area contributed by atoms with Crippen molar-refractivity contribution in [2.45, 2.75) is 45.9 Å². The van der Waals surface area contributed by atoms with E-state index in [0.29, 0.717) is 11.1 Å². The zero-order chi connectivity index (χ0) is 17.9. The average molecular weight is 333 g/mol. The van der Waals surface area contributed by atoms with Gasteiger partial charge in [-0.2, -0.15) is 0 Å². The lowest BCUT2D eigenvalue weighted by molar-refractivity contribution is -0.130. The molecule has 1 atom stereocenters. The first-order valence-corrected chi connectivity index (χ1v) is 7.75. The van der Waals surface area contributed by atoms with E-state index in [9.17, 15) is 9.59 Å². The molecule has 0 spiro atoms. The Bertz CT molecular complexity index is 741. The van der Waals surface area contributed by atoms with Crippen LogP contribution >= 0.6 is 0 Å². The number of rotatable bonds is 5. The van der Waals surface area contributed by atoms with Gasteiger partial charge in [0.25, 0.3) is 5.91 Å². The summed E-state index contributed by atoms with van der Waals surface area (Å²) >= 11 is 0. The second-order valence-corrected chi connectivity index (χ2v) is 6.63. The molecule has 130 valence electrons. The summed E-state index contributed by atoms with van der Waals surface area (Å²) in [6, 6.07) is 7.28. The highest BCUT2D eigenvalue weighted by Crippen LogP contribution is 2.27. The number of fused-ring (bicyclic) bond motifs is 1. The Morgan fingerprint density at radius 2 is 1.92 bits per heavy atom. The third-order valence-corrected chi connectivity index (χ3v) is 3.32. The number of para-hydroxylation sites is 1. The SMILES string of the molecule is COCc1c(C(=O)O[C@@H](C)C(=O)NC(C)(C)C)oc2ccccc12. The Morgan fingerprint density at radius 1 is 1.25 bits per heavy atom. The minimum atomic E-state index is -0.930. The van der Waals surface area contributed by atoms with Gasteiger partial charge in [-0.05, 0) is 33.8 Å². The van der Waals surface area contributed by atoms with Crippen LogP contribution in [-0.4, -0.2) is 30.6 Å². The lowest BCUT2D eigenvalue weighted by atomic mass is 10.1. The summed E-state index contributed by atoms with van der Waals surface area (Å²) in [4.78, 5) is 24.5. The van der Waals surface area contributed by atoms with Gasteiger partial charge >= 0.3 is 5.97 Å². The summed E-state index contributed by atoms with van der Waals surface area (Å²) in [7, 11) is 1.54. The van der Waals surface area contributed by atoms with Crippen molar-refractivity contribution in [3.63, 3.8) is 0 Å². The van der Waals surface area contributed by atoms with E-state index in [1.165, 1.54) is 14.0 Å². The zero-order valence-corrected chi connectivity index (χ0v) is 14.6. The van der Waals surface area contributed by atoms with Crippen molar-refractivity contribution < 1.29 is 23.5 Å². The normalized spacial score (nSPS) is 12.9. The molecule has 24 heavy (non-hydrogen) atoms. The van der Waals surface area contributed by atoms with E-state index in [2.05, 4.69) is 5.32 Å². The van der Waals surface area contributed by atoms with Gasteiger partial charge in [-0.15, -0.1) is 0 Å². The van der Waals surface area contributed by atoms with Crippen molar-refractivity contribution in [1.29, 1.82) is 0 Å². The molecule has 1 aromatic carbocycles. The number of hydrogen-bond donors (Lipinski definition) is 1. The van der Waals surface area contributed by atoms with Gasteiger partial charge in [-0.1, -0.05) is 18.2 Å². The number of ether oxygens (including phenoxy) is 2. The van der Waals surface area contributed by atoms with Gasteiger partial charge in [0.2, 0.25) is 5.76 Å². The number of carbonyl (C=O) groups is 2. The smallest absolute Gasteiger partial charge is 0.375 e. The molecule has 1 heterocycles. The quantitative estimate of drug-likeness (QED) is 0.851. The summed E-state index contributed by atoms with van der Waals surface area (Å²) in [5.74, 6) is -0.983. The average Bonchev–Trinajstić information content (AvgIpc) is 2.85. The molecule has 6 heteroatoms. The maximum Gasteiger partial charge on any atom is 0.375 e. The topological polar surface area (TPSA) is 77.8 Å². The Morgan fingerprint density at radius 3 is 2.54 bits per heavy atom. The van der Waals surface area contributed by atoms with Gasteiger partial charge in [0.15, 0.2) is 6.10 Å². The van der Waals surface area contributed by atoms with E-state index in [-0.39, 0.29) is 18.3 Å². The number of esters is 1. The van der Waals surface area contributed by atoms with Gasteiger partial charge in [-0.3, -0.25) is 4.79 Å². The Labute approximate surface area is 141 Å². The van der Waals surface area contributed by atoms with Crippen molar-refractivity contribution >= 4 is 22.8 Å². The van der Waals surface area contributed by atoms with Gasteiger partial charge < -0.3 is 19.2 Å². The molecule has 0 bridgehead atoms. The summed E-state index contributed by atoms with van der Waals surface area (Å²) in [6.07, 6.45) is -0.930. The summed E-state index contributed by atoms with van der Waals surface area (Å²) in [5, 5.41) is 3.56. The van der Waals surface area contributed by atoms with Gasteiger partial charge in [0, 0.05) is 23.6 Å². The van der Waals surface area contributed by atoms with Crippen molar-refractivity contribution in [2.24, 2.45) is 0 Å². The highest BCUT2D eigenvalue weighted by molar-refractivity contribution is 5.97. The molecular formula is C18H23NO5. The highest BCUT2D eigenvalue weighted by Gasteiger charge is 2.27. The molecule has 1 amide bonds. The summed E-state index contributed by atoms with van der Waals surface area (Å²) in [5.41, 5.74) is 0.781. The van der Waals surface area contributed by atoms with E-state index in [1.54, 1.807) is 6.07 Å². The molecule has 2 aromatic rings. The van der Waals surface area contributed by atoms with E-state index in [4.69, 9.17) is 13.9 Å². The minimum absolute atomic E-state index is 0.0634. The predicted octanol–water partition coefficient (Wildman–Crippen LogP) is 3.04. The molecule has 0 fully saturated rings. The number of carbonyl (C=O) groups excluding carboxylic acids is 2. The maximum absolute atomic E-state index is 12.4. The van der Waals surface area contributed by atoms with Gasteiger partial charge in [-0.25, -0.2) is 4.79 Å². The summed E-state index contributed by atoms with van der Waals surface area (Å²) in [6.45, 7) is 7.31. The van der Waals surface area contributed by atoms with Crippen LogP contribution in [0.4, 0.5) is 0 Å². The second-order valence-electron chi connectivity index (χ2n) is 6.63. The first kappa shape index (κ1) is 18.0. The molecule has 0 aliphatic rings. The molecule has 0 aliphatic heterocycles. The Kier molecular flexibility index (Phi) is 5.29. The predicted molar refractivity (Wildman–Crippen MR) is 89.7 cm³/mol. The molecule has 0 radical (unpaired) electrons. The maximum atomic E-state index is 12.4. The van der Waals surface area contributed by atoms with Crippen LogP contribution in [0.3, 0.4) is 0 Å². The second kappa shape index (κ2) is 7.05. The number of furan rings is 1. The molecular weight excluding hydrogens is 310 g/mol. The minimum Gasteiger partial charge on any atom is -0.449 e. The molecule has 0 saturated heterocycles. The van der Waals surface area contributed by atoms with Crippen LogP contribution < -0.4 is 5.32 Å². The van der Waals surface area contributed by atoms with Crippen LogP contribution in [0, 0.1) is 0 Å². The monoisotopic (exact) mass is 333 g/mol. The highest BCUT2D eigenvalue weighted by atomic mass is 16.6. The zero-order valence-electron chi connectivity index (χ0n) is 14.6. The van der Waals surface area contributed by atoms with Crippen molar-refractivity contribution in [3.8, 4) is 0 Å². The van der Waals surface area contributed by atoms with E-state index >= 15 is 0 Å². The lowest BCUT2D eigenvalue weighted by Crippen LogP contribution is -2.46. The van der Waals surface area contributed by atoms with Gasteiger partial charge in [0.1, 0.15) is 5.58 Å². The standard InChI is InChI=1S/C18H23NO5/c1-11(16(20)19-18(2,3)4)23-17(21)15-13(10-22-5)12-8-6-7-9-14(12)24-15/h6-9,11H,10H2,1-5H3,(H,19,20)/t11-/m0/s1. The van der Waals surface area contributed by atoms with Crippen LogP contribution in [0.15, 0.2) is 28.7 Å². The fourth-order valence-electron chi connectivity index (χ4n) is 2.29. The molecule has 1 aromatic heterocycles. The molecule has 0 aliphatic carbocycles.